The number of nitrogens with zero attached hydrogens (tertiary/aromatic N) is 1. The molecule has 1 saturated heterocycles. The van der Waals surface area contributed by atoms with Crippen molar-refractivity contribution in [2.45, 2.75) is 109 Å². The summed E-state index contributed by atoms with van der Waals surface area (Å²) in [5, 5.41) is 16.5. The summed E-state index contributed by atoms with van der Waals surface area (Å²) < 4.78 is 27.1. The van der Waals surface area contributed by atoms with Crippen LogP contribution in [-0.4, -0.2) is 75.7 Å². The summed E-state index contributed by atoms with van der Waals surface area (Å²) in [6.07, 6.45) is 0.782. The third-order valence-electron chi connectivity index (χ3n) is 7.13. The topological polar surface area (TPSA) is 145 Å². The first-order chi connectivity index (χ1) is 16.6. The minimum atomic E-state index is -3.10. The molecule has 4 amide bonds. The van der Waals surface area contributed by atoms with Crippen molar-refractivity contribution >= 4 is 29.6 Å². The van der Waals surface area contributed by atoms with E-state index >= 15 is 0 Å². The summed E-state index contributed by atoms with van der Waals surface area (Å²) >= 11 is 0. The molecule has 1 unspecified atom stereocenters. The van der Waals surface area contributed by atoms with E-state index in [1.165, 1.54) is 4.90 Å². The molecule has 12 heteroatoms. The van der Waals surface area contributed by atoms with Gasteiger partial charge in [-0.1, -0.05) is 20.8 Å². The Labute approximate surface area is 208 Å². The molecule has 1 heterocycles. The Morgan fingerprint density at radius 3 is 2.17 bits per heavy atom. The first kappa shape index (κ1) is 27.8. The highest BCUT2D eigenvalue weighted by Gasteiger charge is 2.54. The fraction of sp³-hybridized carbons (Fsp3) is 0.792. The molecule has 4 N–H and O–H groups in total. The number of halogens is 2. The second-order valence-electron chi connectivity index (χ2n) is 11.4. The third kappa shape index (κ3) is 6.70. The zero-order valence-corrected chi connectivity index (χ0v) is 21.1. The molecule has 0 aromatic rings. The Kier molecular flexibility index (Phi) is 7.95. The van der Waals surface area contributed by atoms with Crippen molar-refractivity contribution < 1.29 is 37.9 Å². The number of hydrogen-bond donors (Lipinski definition) is 4. The van der Waals surface area contributed by atoms with Crippen molar-refractivity contribution in [1.82, 2.24) is 20.9 Å². The molecule has 0 spiro atoms. The molecule has 202 valence electrons. The lowest BCUT2D eigenvalue weighted by Gasteiger charge is -2.40. The summed E-state index contributed by atoms with van der Waals surface area (Å²) in [6.45, 7) is 5.80. The van der Waals surface area contributed by atoms with Crippen molar-refractivity contribution in [2.75, 3.05) is 0 Å². The molecule has 2 bridgehead atoms. The number of hydrogen-bond acceptors (Lipinski definition) is 5. The van der Waals surface area contributed by atoms with Gasteiger partial charge < -0.3 is 26.0 Å². The van der Waals surface area contributed by atoms with Crippen molar-refractivity contribution in [3.8, 4) is 0 Å². The van der Waals surface area contributed by atoms with Gasteiger partial charge in [0.15, 0.2) is 0 Å². The molecular weight excluding hydrogens is 478 g/mol. The van der Waals surface area contributed by atoms with E-state index in [0.717, 1.165) is 12.8 Å². The highest BCUT2D eigenvalue weighted by molar-refractivity contribution is 6.38. The predicted octanol–water partition coefficient (Wildman–Crippen LogP) is 1.82. The number of nitrogens with one attached hydrogen (secondary N) is 3. The fourth-order valence-electron chi connectivity index (χ4n) is 5.13. The van der Waals surface area contributed by atoms with E-state index in [2.05, 4.69) is 16.0 Å². The standard InChI is InChI=1S/C24H36F2N4O6/c1-23(2,3)18(29-22(35)36)21(34)30-14-8-5-12(11-14)16(30)19(32)28-15(9-10-24(4,25)26)17(31)20(33)27-13-6-7-13/h12-16,18,29H,5-11H2,1-4H3,(H,27,33)(H,28,32)(H,35,36)/t12-,14+,15-,16?,18+/m0/s1. The van der Waals surface area contributed by atoms with E-state index in [1.807, 2.05) is 0 Å². The maximum atomic E-state index is 13.6. The van der Waals surface area contributed by atoms with Gasteiger partial charge in [0, 0.05) is 18.5 Å². The van der Waals surface area contributed by atoms with Gasteiger partial charge in [0.25, 0.3) is 5.91 Å². The number of carboxylic acid groups (broad SMARTS) is 1. The molecule has 3 fully saturated rings. The van der Waals surface area contributed by atoms with Gasteiger partial charge in [0.2, 0.25) is 23.5 Å². The van der Waals surface area contributed by atoms with Crippen LogP contribution < -0.4 is 16.0 Å². The van der Waals surface area contributed by atoms with Gasteiger partial charge in [0.1, 0.15) is 12.1 Å². The van der Waals surface area contributed by atoms with Gasteiger partial charge in [-0.25, -0.2) is 13.6 Å². The highest BCUT2D eigenvalue weighted by atomic mass is 19.3. The minimum Gasteiger partial charge on any atom is -0.465 e. The Bertz CT molecular complexity index is 911. The Morgan fingerprint density at radius 1 is 1.00 bits per heavy atom. The Hall–Kier alpha value is -2.79. The van der Waals surface area contributed by atoms with Gasteiger partial charge >= 0.3 is 6.09 Å². The summed E-state index contributed by atoms with van der Waals surface area (Å²) in [6, 6.07) is -3.97. The van der Waals surface area contributed by atoms with Gasteiger partial charge in [-0.15, -0.1) is 0 Å². The van der Waals surface area contributed by atoms with Crippen LogP contribution in [0.2, 0.25) is 0 Å². The molecule has 36 heavy (non-hydrogen) atoms. The summed E-state index contributed by atoms with van der Waals surface area (Å²) in [7, 11) is 0. The lowest BCUT2D eigenvalue weighted by atomic mass is 9.85. The quantitative estimate of drug-likeness (QED) is 0.327. The number of alkyl halides is 2. The number of likely N-dealkylation sites (tertiary alicyclic amines) is 1. The molecule has 3 aliphatic rings. The molecule has 5 atom stereocenters. The van der Waals surface area contributed by atoms with E-state index in [-0.39, 0.29) is 18.0 Å². The van der Waals surface area contributed by atoms with Crippen molar-refractivity contribution in [3.05, 3.63) is 0 Å². The average molecular weight is 515 g/mol. The largest absolute Gasteiger partial charge is 0.465 e. The lowest BCUT2D eigenvalue weighted by Crippen LogP contribution is -2.62. The van der Waals surface area contributed by atoms with Crippen LogP contribution in [0.4, 0.5) is 13.6 Å². The van der Waals surface area contributed by atoms with Crippen LogP contribution in [0.15, 0.2) is 0 Å². The van der Waals surface area contributed by atoms with Gasteiger partial charge in [-0.2, -0.15) is 0 Å². The number of ketones is 1. The zero-order chi connectivity index (χ0) is 27.0. The van der Waals surface area contributed by atoms with Crippen LogP contribution in [0, 0.1) is 11.3 Å². The summed E-state index contributed by atoms with van der Waals surface area (Å²) in [5.41, 5.74) is -0.787. The molecule has 10 nitrogen and oxygen atoms in total. The fourth-order valence-corrected chi connectivity index (χ4v) is 5.13. The third-order valence-corrected chi connectivity index (χ3v) is 7.13. The zero-order valence-electron chi connectivity index (χ0n) is 21.1. The molecule has 3 rings (SSSR count). The van der Waals surface area contributed by atoms with Crippen molar-refractivity contribution in [1.29, 1.82) is 0 Å². The van der Waals surface area contributed by atoms with Crippen LogP contribution in [0.5, 0.6) is 0 Å². The number of carbonyl (C=O) groups is 5. The van der Waals surface area contributed by atoms with Crippen LogP contribution in [-0.2, 0) is 19.2 Å². The number of carbonyl (C=O) groups excluding carboxylic acids is 4. The van der Waals surface area contributed by atoms with Gasteiger partial charge in [-0.05, 0) is 56.8 Å². The Balaban J connectivity index is 1.81. The van der Waals surface area contributed by atoms with E-state index in [9.17, 15) is 37.9 Å². The normalized spacial score (nSPS) is 25.2. The van der Waals surface area contributed by atoms with Gasteiger partial charge in [-0.3, -0.25) is 19.2 Å². The molecule has 2 aliphatic carbocycles. The van der Waals surface area contributed by atoms with E-state index < -0.39 is 71.9 Å². The lowest BCUT2D eigenvalue weighted by molar-refractivity contribution is -0.147. The van der Waals surface area contributed by atoms with Crippen LogP contribution in [0.25, 0.3) is 0 Å². The van der Waals surface area contributed by atoms with E-state index in [0.29, 0.717) is 26.2 Å². The van der Waals surface area contributed by atoms with E-state index in [1.54, 1.807) is 20.8 Å². The number of piperidine rings is 1. The maximum absolute atomic E-state index is 13.6. The van der Waals surface area contributed by atoms with Crippen LogP contribution >= 0.6 is 0 Å². The number of Topliss-reactive ketones (excluding diaryl/α,β-unsaturated/α-hetero) is 1. The molecule has 0 aromatic carbocycles. The summed E-state index contributed by atoms with van der Waals surface area (Å²) in [4.78, 5) is 64.8. The van der Waals surface area contributed by atoms with Crippen molar-refractivity contribution in [3.63, 3.8) is 0 Å². The first-order valence-corrected chi connectivity index (χ1v) is 12.4. The maximum Gasteiger partial charge on any atom is 0.405 e. The SMILES string of the molecule is CC(F)(F)CC[C@H](NC(=O)C1[C@H]2CC[C@H](C2)N1C(=O)[C@@H](NC(=O)O)C(C)(C)C)C(=O)C(=O)NC1CC1. The second kappa shape index (κ2) is 10.3. The number of amides is 4. The van der Waals surface area contributed by atoms with Crippen molar-refractivity contribution in [2.24, 2.45) is 11.3 Å². The minimum absolute atomic E-state index is 0.125. The van der Waals surface area contributed by atoms with E-state index in [4.69, 9.17) is 0 Å². The average Bonchev–Trinajstić information content (AvgIpc) is 3.32. The van der Waals surface area contributed by atoms with Crippen LogP contribution in [0.1, 0.15) is 72.6 Å². The first-order valence-electron chi connectivity index (χ1n) is 12.4. The van der Waals surface area contributed by atoms with Gasteiger partial charge in [0.05, 0.1) is 6.04 Å². The number of rotatable bonds is 10. The molecule has 0 radical (unpaired) electrons. The molecule has 2 saturated carbocycles. The summed E-state index contributed by atoms with van der Waals surface area (Å²) in [5.74, 6) is -6.50. The molecule has 1 aliphatic heterocycles. The smallest absolute Gasteiger partial charge is 0.405 e. The predicted molar refractivity (Wildman–Crippen MR) is 124 cm³/mol. The van der Waals surface area contributed by atoms with Crippen LogP contribution in [0.3, 0.4) is 0 Å². The molecular formula is C24H36F2N4O6. The molecule has 0 aromatic heterocycles. The highest BCUT2D eigenvalue weighted by Crippen LogP contribution is 2.43. The number of fused-ring (bicyclic) bond motifs is 2. The second-order valence-corrected chi connectivity index (χ2v) is 11.4. The monoisotopic (exact) mass is 514 g/mol. The Morgan fingerprint density at radius 2 is 1.64 bits per heavy atom.